The quantitative estimate of drug-likeness (QED) is 0.222. The minimum Gasteiger partial charge on any atom is -0.388 e. The van der Waals surface area contributed by atoms with Gasteiger partial charge in [-0.15, -0.1) is 23.4 Å². The number of rotatable bonds is 9. The first-order valence-electron chi connectivity index (χ1n) is 10.3. The van der Waals surface area contributed by atoms with Gasteiger partial charge in [-0.3, -0.25) is 14.2 Å². The van der Waals surface area contributed by atoms with Gasteiger partial charge in [0.15, 0.2) is 0 Å². The minimum absolute atomic E-state index is 0.238. The Balaban J connectivity index is 2.15. The summed E-state index contributed by atoms with van der Waals surface area (Å²) in [5.41, 5.74) is -0.992. The van der Waals surface area contributed by atoms with Crippen LogP contribution in [0.4, 0.5) is 0 Å². The topological polar surface area (TPSA) is 149 Å². The van der Waals surface area contributed by atoms with Crippen LogP contribution in [0.3, 0.4) is 0 Å². The van der Waals surface area contributed by atoms with Gasteiger partial charge in [0.05, 0.1) is 17.5 Å². The van der Waals surface area contributed by atoms with Gasteiger partial charge in [0.25, 0.3) is 0 Å². The number of nitrogens with one attached hydrogen (secondary N) is 1. The van der Waals surface area contributed by atoms with Crippen molar-refractivity contribution in [2.45, 2.75) is 80.4 Å². The number of nitrogens with zero attached hydrogens (tertiary/aromatic N) is 1. The molecule has 2 fully saturated rings. The number of phosphoric acid groups is 1. The highest BCUT2D eigenvalue weighted by Crippen LogP contribution is 2.43. The molecule has 2 heterocycles. The second-order valence-corrected chi connectivity index (χ2v) is 11.1. The van der Waals surface area contributed by atoms with E-state index in [-0.39, 0.29) is 11.9 Å². The van der Waals surface area contributed by atoms with Crippen molar-refractivity contribution in [3.63, 3.8) is 0 Å². The van der Waals surface area contributed by atoms with Crippen LogP contribution in [0, 0.1) is 5.92 Å². The summed E-state index contributed by atoms with van der Waals surface area (Å²) in [7, 11) is -3.04. The van der Waals surface area contributed by atoms with Gasteiger partial charge in [0, 0.05) is 6.54 Å². The number of amides is 1. The molecule has 2 aliphatic rings. The van der Waals surface area contributed by atoms with Gasteiger partial charge in [-0.05, 0) is 39.0 Å². The predicted octanol–water partition coefficient (Wildman–Crippen LogP) is 0.506. The first-order chi connectivity index (χ1) is 14.4. The maximum atomic E-state index is 13.0. The average molecular weight is 505 g/mol. The number of aliphatic hydroxyl groups excluding tert-OH is 2. The lowest BCUT2D eigenvalue weighted by molar-refractivity contribution is -0.201. The molecule has 9 atom stereocenters. The molecule has 2 aliphatic heterocycles. The molecule has 31 heavy (non-hydrogen) atoms. The van der Waals surface area contributed by atoms with E-state index in [1.54, 1.807) is 13.2 Å². The van der Waals surface area contributed by atoms with Gasteiger partial charge >= 0.3 is 7.82 Å². The van der Waals surface area contributed by atoms with Crippen LogP contribution in [0.15, 0.2) is 0 Å². The van der Waals surface area contributed by atoms with E-state index in [1.807, 2.05) is 11.9 Å². The minimum atomic E-state index is -4.93. The maximum absolute atomic E-state index is 13.0. The molecule has 1 amide bonds. The van der Waals surface area contributed by atoms with E-state index in [0.717, 1.165) is 37.6 Å². The molecule has 0 aliphatic carbocycles. The molecule has 5 N–H and O–H groups in total. The third-order valence-corrected chi connectivity index (χ3v) is 7.50. The molecule has 0 aromatic carbocycles. The molecule has 0 aromatic rings. The summed E-state index contributed by atoms with van der Waals surface area (Å²) >= 11 is 7.38. The molecule has 0 aromatic heterocycles. The highest BCUT2D eigenvalue weighted by molar-refractivity contribution is 7.99. The van der Waals surface area contributed by atoms with Crippen molar-refractivity contribution in [3.8, 4) is 0 Å². The molecule has 0 unspecified atom stereocenters. The molecule has 0 spiro atoms. The van der Waals surface area contributed by atoms with Crippen molar-refractivity contribution < 1.29 is 38.6 Å². The standard InChI is InChI=1S/C18H34ClN2O8PS/c1-5-6-10-7-11(21(3)8-10)17(24)20-12(9(2)19)15-13(22)14(23)16(18(28-15)31-4)29-30(25,26)27/h9-16,18,22-23H,5-8H2,1-4H3,(H,20,24)(H2,25,26,27)/t9-,10-,11+,12+,13-,14+,15-,16-,18-/m1/s1. The second kappa shape index (κ2) is 11.5. The van der Waals surface area contributed by atoms with Crippen molar-refractivity contribution >= 4 is 37.1 Å². The van der Waals surface area contributed by atoms with Crippen LogP contribution >= 0.6 is 31.2 Å². The number of hydrogen-bond acceptors (Lipinski definition) is 8. The number of carbonyl (C=O) groups is 1. The number of carbonyl (C=O) groups excluding carboxylic acids is 1. The lowest BCUT2D eigenvalue weighted by Gasteiger charge is -2.45. The van der Waals surface area contributed by atoms with Gasteiger partial charge in [-0.1, -0.05) is 13.3 Å². The Kier molecular flexibility index (Phi) is 10.1. The van der Waals surface area contributed by atoms with Crippen molar-refractivity contribution in [3.05, 3.63) is 0 Å². The van der Waals surface area contributed by atoms with Crippen molar-refractivity contribution in [2.24, 2.45) is 5.92 Å². The largest absolute Gasteiger partial charge is 0.470 e. The van der Waals surface area contributed by atoms with Crippen molar-refractivity contribution in [2.75, 3.05) is 19.8 Å². The Labute approximate surface area is 192 Å². The number of likely N-dealkylation sites (tertiary alicyclic amines) is 1. The molecular formula is C18H34ClN2O8PS. The number of likely N-dealkylation sites (N-methyl/N-ethyl adjacent to an activating group) is 1. The zero-order chi connectivity index (χ0) is 23.5. The van der Waals surface area contributed by atoms with Gasteiger partial charge in [0.1, 0.15) is 29.9 Å². The maximum Gasteiger partial charge on any atom is 0.470 e. The normalized spacial score (nSPS) is 36.9. The smallest absolute Gasteiger partial charge is 0.388 e. The van der Waals surface area contributed by atoms with Gasteiger partial charge in [-0.25, -0.2) is 4.57 Å². The van der Waals surface area contributed by atoms with Crippen LogP contribution in [0.25, 0.3) is 0 Å². The Hall–Kier alpha value is 0.0600. The van der Waals surface area contributed by atoms with Crippen LogP contribution in [-0.2, 0) is 18.6 Å². The third kappa shape index (κ3) is 7.02. The lowest BCUT2D eigenvalue weighted by Crippen LogP contribution is -2.65. The summed E-state index contributed by atoms with van der Waals surface area (Å²) < 4.78 is 21.7. The van der Waals surface area contributed by atoms with Gasteiger partial charge in [-0.2, -0.15) is 0 Å². The van der Waals surface area contributed by atoms with Gasteiger partial charge in [0.2, 0.25) is 5.91 Å². The van der Waals surface area contributed by atoms with Crippen molar-refractivity contribution in [1.29, 1.82) is 0 Å². The number of alkyl halides is 1. The number of aliphatic hydroxyl groups is 2. The van der Waals surface area contributed by atoms with Crippen molar-refractivity contribution in [1.82, 2.24) is 10.2 Å². The molecule has 0 bridgehead atoms. The summed E-state index contributed by atoms with van der Waals surface area (Å²) in [6, 6.07) is -1.18. The van der Waals surface area contributed by atoms with Crippen LogP contribution in [0.2, 0.25) is 0 Å². The molecule has 13 heteroatoms. The number of halogens is 1. The molecule has 0 radical (unpaired) electrons. The number of hydrogen-bond donors (Lipinski definition) is 5. The zero-order valence-electron chi connectivity index (χ0n) is 18.1. The molecule has 10 nitrogen and oxygen atoms in total. The first kappa shape index (κ1) is 27.3. The Bertz CT molecular complexity index is 654. The van der Waals surface area contributed by atoms with E-state index >= 15 is 0 Å². The lowest BCUT2D eigenvalue weighted by atomic mass is 9.92. The summed E-state index contributed by atoms with van der Waals surface area (Å²) in [5.74, 6) is 0.195. The highest BCUT2D eigenvalue weighted by Gasteiger charge is 2.51. The average Bonchev–Trinajstić information content (AvgIpc) is 3.03. The third-order valence-electron chi connectivity index (χ3n) is 5.87. The van der Waals surface area contributed by atoms with Crippen LogP contribution < -0.4 is 5.32 Å². The number of phosphoric ester groups is 1. The SMILES string of the molecule is CCC[C@@H]1C[C@@H](C(=O)N[C@H]([C@H]2O[C@H](SC)[C@H](OP(=O)(O)O)[C@@H](O)[C@H]2O)[C@@H](C)Cl)N(C)C1. The monoisotopic (exact) mass is 504 g/mol. The summed E-state index contributed by atoms with van der Waals surface area (Å²) in [6.45, 7) is 4.57. The van der Waals surface area contributed by atoms with E-state index in [9.17, 15) is 19.6 Å². The predicted molar refractivity (Wildman–Crippen MR) is 118 cm³/mol. The van der Waals surface area contributed by atoms with E-state index in [2.05, 4.69) is 16.8 Å². The van der Waals surface area contributed by atoms with Crippen LogP contribution in [-0.4, -0.2) is 98.0 Å². The fourth-order valence-electron chi connectivity index (χ4n) is 4.37. The molecule has 182 valence electrons. The molecule has 2 rings (SSSR count). The Morgan fingerprint density at radius 2 is 2.03 bits per heavy atom. The molecular weight excluding hydrogens is 471 g/mol. The van der Waals surface area contributed by atoms with Crippen LogP contribution in [0.1, 0.15) is 33.1 Å². The second-order valence-electron chi connectivity index (χ2n) is 8.30. The summed E-state index contributed by atoms with van der Waals surface area (Å²) in [5, 5.41) is 23.4. The summed E-state index contributed by atoms with van der Waals surface area (Å²) in [6.07, 6.45) is -1.37. The molecule has 0 saturated carbocycles. The number of thioether (sulfide) groups is 1. The van der Waals surface area contributed by atoms with Crippen LogP contribution in [0.5, 0.6) is 0 Å². The van der Waals surface area contributed by atoms with Gasteiger partial charge < -0.3 is 30.1 Å². The summed E-state index contributed by atoms with van der Waals surface area (Å²) in [4.78, 5) is 33.3. The first-order valence-corrected chi connectivity index (χ1v) is 13.6. The fraction of sp³-hybridized carbons (Fsp3) is 0.944. The number of ether oxygens (including phenoxy) is 1. The Morgan fingerprint density at radius 3 is 2.55 bits per heavy atom. The Morgan fingerprint density at radius 1 is 1.39 bits per heavy atom. The fourth-order valence-corrected chi connectivity index (χ4v) is 5.93. The molecule has 2 saturated heterocycles. The van der Waals surface area contributed by atoms with E-state index in [4.69, 9.17) is 26.1 Å². The zero-order valence-corrected chi connectivity index (χ0v) is 20.6. The van der Waals surface area contributed by atoms with E-state index < -0.39 is 49.1 Å². The highest BCUT2D eigenvalue weighted by atomic mass is 35.5. The van der Waals surface area contributed by atoms with E-state index in [0.29, 0.717) is 5.92 Å². The van der Waals surface area contributed by atoms with E-state index in [1.165, 1.54) is 0 Å².